The summed E-state index contributed by atoms with van der Waals surface area (Å²) in [5.74, 6) is -0.0498. The maximum atomic E-state index is 12.6. The number of rotatable bonds is 5. The quantitative estimate of drug-likeness (QED) is 0.689. The van der Waals surface area contributed by atoms with Crippen molar-refractivity contribution in [2.24, 2.45) is 0 Å². The van der Waals surface area contributed by atoms with E-state index in [1.807, 2.05) is 48.0 Å². The maximum Gasteiger partial charge on any atom is 0.237 e. The van der Waals surface area contributed by atoms with Gasteiger partial charge in [0.1, 0.15) is 0 Å². The minimum Gasteiger partial charge on any atom is -0.325 e. The number of nitrogens with one attached hydrogen (secondary N) is 1. The first-order valence-electron chi connectivity index (χ1n) is 8.95. The van der Waals surface area contributed by atoms with Crippen LogP contribution >= 0.6 is 11.8 Å². The molecule has 1 aliphatic rings. The third-order valence-corrected chi connectivity index (χ3v) is 5.85. The summed E-state index contributed by atoms with van der Waals surface area (Å²) in [5, 5.41) is 17.8. The van der Waals surface area contributed by atoms with Gasteiger partial charge < -0.3 is 5.32 Å². The van der Waals surface area contributed by atoms with Gasteiger partial charge in [-0.25, -0.2) is 4.68 Å². The number of benzene rings is 2. The molecule has 26 heavy (non-hydrogen) atoms. The Morgan fingerprint density at radius 3 is 2.77 bits per heavy atom. The summed E-state index contributed by atoms with van der Waals surface area (Å²) in [6.45, 7) is 1.88. The first kappa shape index (κ1) is 17.0. The van der Waals surface area contributed by atoms with Crippen molar-refractivity contribution in [2.45, 2.75) is 49.1 Å². The van der Waals surface area contributed by atoms with Gasteiger partial charge in [-0.3, -0.25) is 4.79 Å². The summed E-state index contributed by atoms with van der Waals surface area (Å²) in [6.07, 6.45) is 4.64. The van der Waals surface area contributed by atoms with Crippen LogP contribution in [-0.2, 0) is 4.79 Å². The summed E-state index contributed by atoms with van der Waals surface area (Å²) >= 11 is 1.41. The first-order chi connectivity index (χ1) is 12.7. The fraction of sp³-hybridized carbons (Fsp3) is 0.368. The number of nitrogens with zero attached hydrogens (tertiary/aromatic N) is 4. The molecular weight excluding hydrogens is 346 g/mol. The number of fused-ring (bicyclic) bond motifs is 1. The van der Waals surface area contributed by atoms with E-state index in [-0.39, 0.29) is 11.2 Å². The van der Waals surface area contributed by atoms with E-state index >= 15 is 0 Å². The van der Waals surface area contributed by atoms with Crippen LogP contribution in [0.1, 0.15) is 38.6 Å². The van der Waals surface area contributed by atoms with E-state index in [9.17, 15) is 4.79 Å². The zero-order valence-electron chi connectivity index (χ0n) is 14.6. The molecule has 0 aliphatic heterocycles. The van der Waals surface area contributed by atoms with E-state index in [4.69, 9.17) is 0 Å². The summed E-state index contributed by atoms with van der Waals surface area (Å²) < 4.78 is 1.89. The van der Waals surface area contributed by atoms with E-state index in [0.29, 0.717) is 6.04 Å². The van der Waals surface area contributed by atoms with Gasteiger partial charge in [0.15, 0.2) is 0 Å². The molecular formula is C19H21N5OS. The number of aromatic nitrogens is 4. The number of carbonyl (C=O) groups is 1. The van der Waals surface area contributed by atoms with Gasteiger partial charge in [0.05, 0.1) is 11.3 Å². The summed E-state index contributed by atoms with van der Waals surface area (Å²) in [6, 6.07) is 14.4. The fourth-order valence-electron chi connectivity index (χ4n) is 3.36. The van der Waals surface area contributed by atoms with Crippen LogP contribution in [0.15, 0.2) is 47.6 Å². The Kier molecular flexibility index (Phi) is 4.88. The lowest BCUT2D eigenvalue weighted by Gasteiger charge is -2.14. The highest BCUT2D eigenvalue weighted by molar-refractivity contribution is 8.00. The molecule has 1 fully saturated rings. The molecule has 1 N–H and O–H groups in total. The molecule has 1 aliphatic carbocycles. The second-order valence-corrected chi connectivity index (χ2v) is 7.96. The number of thioether (sulfide) groups is 1. The molecule has 1 heterocycles. The second-order valence-electron chi connectivity index (χ2n) is 6.66. The molecule has 6 nitrogen and oxygen atoms in total. The number of hydrogen-bond donors (Lipinski definition) is 1. The van der Waals surface area contributed by atoms with Gasteiger partial charge in [-0.1, -0.05) is 54.9 Å². The van der Waals surface area contributed by atoms with Gasteiger partial charge in [0.2, 0.25) is 11.1 Å². The zero-order valence-corrected chi connectivity index (χ0v) is 15.4. The van der Waals surface area contributed by atoms with Gasteiger partial charge in [-0.15, -0.1) is 5.10 Å². The number of carbonyl (C=O) groups excluding carboxylic acids is 1. The van der Waals surface area contributed by atoms with Gasteiger partial charge in [-0.05, 0) is 53.1 Å². The second kappa shape index (κ2) is 7.45. The highest BCUT2D eigenvalue weighted by atomic mass is 32.2. The van der Waals surface area contributed by atoms with E-state index in [1.165, 1.54) is 24.6 Å². The van der Waals surface area contributed by atoms with Crippen LogP contribution in [0, 0.1) is 0 Å². The van der Waals surface area contributed by atoms with Gasteiger partial charge in [0, 0.05) is 5.69 Å². The van der Waals surface area contributed by atoms with Gasteiger partial charge in [0.25, 0.3) is 0 Å². The van der Waals surface area contributed by atoms with Crippen LogP contribution in [0.5, 0.6) is 0 Å². The van der Waals surface area contributed by atoms with Crippen LogP contribution in [0.25, 0.3) is 10.8 Å². The number of anilines is 1. The molecule has 1 saturated carbocycles. The lowest BCUT2D eigenvalue weighted by molar-refractivity contribution is -0.115. The van der Waals surface area contributed by atoms with E-state index in [2.05, 4.69) is 26.9 Å². The zero-order chi connectivity index (χ0) is 17.9. The minimum absolute atomic E-state index is 0.0498. The van der Waals surface area contributed by atoms with Gasteiger partial charge in [-0.2, -0.15) is 0 Å². The Hall–Kier alpha value is -2.41. The molecule has 1 unspecified atom stereocenters. The molecule has 134 valence electrons. The van der Waals surface area contributed by atoms with Crippen LogP contribution in [-0.4, -0.2) is 31.4 Å². The Balaban J connectivity index is 1.43. The molecule has 0 radical (unpaired) electrons. The van der Waals surface area contributed by atoms with Crippen molar-refractivity contribution in [3.63, 3.8) is 0 Å². The Labute approximate surface area is 156 Å². The SMILES string of the molecule is CC(Sc1nnnn1C1CCCC1)C(=O)Nc1ccc2ccccc2c1. The van der Waals surface area contributed by atoms with Crippen LogP contribution < -0.4 is 5.32 Å². The Morgan fingerprint density at radius 2 is 1.96 bits per heavy atom. The molecule has 1 amide bonds. The molecule has 0 saturated heterocycles. The highest BCUT2D eigenvalue weighted by Crippen LogP contribution is 2.32. The molecule has 1 aromatic heterocycles. The molecule has 4 rings (SSSR count). The summed E-state index contributed by atoms with van der Waals surface area (Å²) in [7, 11) is 0. The number of hydrogen-bond acceptors (Lipinski definition) is 5. The largest absolute Gasteiger partial charge is 0.325 e. The fourth-order valence-corrected chi connectivity index (χ4v) is 4.22. The normalized spacial score (nSPS) is 16.0. The molecule has 3 aromatic rings. The topological polar surface area (TPSA) is 72.7 Å². The Bertz CT molecular complexity index is 919. The predicted molar refractivity (Wildman–Crippen MR) is 103 cm³/mol. The molecule has 2 aromatic carbocycles. The Morgan fingerprint density at radius 1 is 1.19 bits per heavy atom. The molecule has 1 atom stereocenters. The van der Waals surface area contributed by atoms with Crippen LogP contribution in [0.4, 0.5) is 5.69 Å². The number of amides is 1. The molecule has 0 bridgehead atoms. The summed E-state index contributed by atoms with van der Waals surface area (Å²) in [5.41, 5.74) is 0.802. The van der Waals surface area contributed by atoms with E-state index < -0.39 is 0 Å². The summed E-state index contributed by atoms with van der Waals surface area (Å²) in [4.78, 5) is 12.6. The lowest BCUT2D eigenvalue weighted by atomic mass is 10.1. The standard InChI is InChI=1S/C19H21N5OS/c1-13(26-19-21-22-23-24(19)17-8-4-5-9-17)18(25)20-16-11-10-14-6-2-3-7-15(14)12-16/h2-3,6-7,10-13,17H,4-5,8-9H2,1H3,(H,20,25). The van der Waals surface area contributed by atoms with Crippen molar-refractivity contribution in [3.8, 4) is 0 Å². The van der Waals surface area contributed by atoms with Crippen molar-refractivity contribution in [3.05, 3.63) is 42.5 Å². The monoisotopic (exact) mass is 367 g/mol. The predicted octanol–water partition coefficient (Wildman–Crippen LogP) is 4.06. The third kappa shape index (κ3) is 3.58. The molecule has 7 heteroatoms. The highest BCUT2D eigenvalue weighted by Gasteiger charge is 2.24. The third-order valence-electron chi connectivity index (χ3n) is 4.80. The van der Waals surface area contributed by atoms with Crippen molar-refractivity contribution >= 4 is 34.1 Å². The smallest absolute Gasteiger partial charge is 0.237 e. The average Bonchev–Trinajstić information content (AvgIpc) is 3.33. The van der Waals surface area contributed by atoms with E-state index in [1.54, 1.807) is 0 Å². The lowest BCUT2D eigenvalue weighted by Crippen LogP contribution is -2.23. The number of tetrazole rings is 1. The maximum absolute atomic E-state index is 12.6. The average molecular weight is 367 g/mol. The van der Waals surface area contributed by atoms with Crippen molar-refractivity contribution in [1.29, 1.82) is 0 Å². The first-order valence-corrected chi connectivity index (χ1v) is 9.83. The van der Waals surface area contributed by atoms with Crippen molar-refractivity contribution in [2.75, 3.05) is 5.32 Å². The molecule has 0 spiro atoms. The van der Waals surface area contributed by atoms with Crippen molar-refractivity contribution < 1.29 is 4.79 Å². The van der Waals surface area contributed by atoms with E-state index in [0.717, 1.165) is 34.5 Å². The van der Waals surface area contributed by atoms with Crippen LogP contribution in [0.2, 0.25) is 0 Å². The van der Waals surface area contributed by atoms with Crippen LogP contribution in [0.3, 0.4) is 0 Å². The minimum atomic E-state index is -0.285. The van der Waals surface area contributed by atoms with Crippen molar-refractivity contribution in [1.82, 2.24) is 20.2 Å². The van der Waals surface area contributed by atoms with Gasteiger partial charge >= 0.3 is 0 Å².